The van der Waals surface area contributed by atoms with Crippen molar-refractivity contribution >= 4 is 5.97 Å². The Balaban J connectivity index is 2.18. The lowest BCUT2D eigenvalue weighted by atomic mass is 9.69. The highest BCUT2D eigenvalue weighted by atomic mass is 16.5. The molecular formula is C35H62O3. The van der Waals surface area contributed by atoms with Gasteiger partial charge in [-0.2, -0.15) is 0 Å². The molecule has 3 nitrogen and oxygen atoms in total. The fourth-order valence-electron chi connectivity index (χ4n) is 5.11. The highest BCUT2D eigenvalue weighted by Gasteiger charge is 2.30. The molecule has 0 amide bonds. The summed E-state index contributed by atoms with van der Waals surface area (Å²) >= 11 is 0. The topological polar surface area (TPSA) is 46.5 Å². The summed E-state index contributed by atoms with van der Waals surface area (Å²) in [7, 11) is 0. The van der Waals surface area contributed by atoms with Gasteiger partial charge in [-0.3, -0.25) is 0 Å². The Morgan fingerprint density at radius 1 is 0.816 bits per heavy atom. The van der Waals surface area contributed by atoms with Gasteiger partial charge in [-0.1, -0.05) is 163 Å². The third-order valence-electron chi connectivity index (χ3n) is 7.99. The second kappa shape index (κ2) is 18.7. The van der Waals surface area contributed by atoms with Crippen LogP contribution in [0.25, 0.3) is 0 Å². The molecule has 1 aliphatic rings. The first kappa shape index (κ1) is 34.5. The van der Waals surface area contributed by atoms with E-state index >= 15 is 0 Å². The highest BCUT2D eigenvalue weighted by molar-refractivity contribution is 5.86. The molecule has 3 heteroatoms. The van der Waals surface area contributed by atoms with Crippen molar-refractivity contribution in [3.63, 3.8) is 0 Å². The number of rotatable bonds is 19. The van der Waals surface area contributed by atoms with E-state index in [0.29, 0.717) is 12.5 Å². The van der Waals surface area contributed by atoms with Gasteiger partial charge in [-0.05, 0) is 41.2 Å². The second-order valence-corrected chi connectivity index (χ2v) is 13.7. The zero-order valence-electron chi connectivity index (χ0n) is 26.3. The predicted octanol–water partition coefficient (Wildman–Crippen LogP) is 11.2. The standard InChI is InChI=1S/C35H62O3/c1-8-9-10-11-12-13-14-15-16-17-18-19-20-21-22-23-24-38-33(37)32(36)27-29-25-30(34(2,3)4)28-31(26-29)35(5,6)7/h25-27,30,36H,8-24,28H2,1-7H3. The number of esters is 1. The Labute approximate surface area is 236 Å². The summed E-state index contributed by atoms with van der Waals surface area (Å²) in [5.41, 5.74) is 2.42. The smallest absolute Gasteiger partial charge is 0.373 e. The zero-order valence-corrected chi connectivity index (χ0v) is 26.3. The number of carbonyl (C=O) groups is 1. The highest BCUT2D eigenvalue weighted by Crippen LogP contribution is 2.42. The molecular weight excluding hydrogens is 468 g/mol. The van der Waals surface area contributed by atoms with Gasteiger partial charge in [0, 0.05) is 0 Å². The summed E-state index contributed by atoms with van der Waals surface area (Å²) in [6, 6.07) is 0. The fourth-order valence-corrected chi connectivity index (χ4v) is 5.11. The molecule has 1 atom stereocenters. The van der Waals surface area contributed by atoms with Gasteiger partial charge in [-0.15, -0.1) is 0 Å². The maximum atomic E-state index is 12.3. The van der Waals surface area contributed by atoms with Gasteiger partial charge in [-0.25, -0.2) is 4.79 Å². The molecule has 0 aromatic heterocycles. The number of carbonyl (C=O) groups excluding carboxylic acids is 1. The molecule has 1 rings (SSSR count). The molecule has 1 aliphatic carbocycles. The van der Waals surface area contributed by atoms with Crippen molar-refractivity contribution in [2.24, 2.45) is 16.7 Å². The van der Waals surface area contributed by atoms with Crippen LogP contribution in [0.15, 0.2) is 35.1 Å². The van der Waals surface area contributed by atoms with Crippen LogP contribution in [-0.4, -0.2) is 17.7 Å². The number of hydrogen-bond donors (Lipinski definition) is 1. The van der Waals surface area contributed by atoms with Gasteiger partial charge in [0.1, 0.15) is 0 Å². The van der Waals surface area contributed by atoms with Crippen molar-refractivity contribution < 1.29 is 14.6 Å². The molecule has 0 fully saturated rings. The monoisotopic (exact) mass is 530 g/mol. The van der Waals surface area contributed by atoms with Crippen molar-refractivity contribution in [3.8, 4) is 0 Å². The summed E-state index contributed by atoms with van der Waals surface area (Å²) in [6.07, 6.45) is 28.0. The third kappa shape index (κ3) is 15.8. The lowest BCUT2D eigenvalue weighted by Crippen LogP contribution is -2.25. The van der Waals surface area contributed by atoms with E-state index in [9.17, 15) is 9.90 Å². The Bertz CT molecular complexity index is 742. The normalized spacial score (nSPS) is 16.8. The minimum atomic E-state index is -0.615. The number of aliphatic hydroxyl groups excluding tert-OH is 1. The van der Waals surface area contributed by atoms with Crippen molar-refractivity contribution in [3.05, 3.63) is 35.1 Å². The molecule has 220 valence electrons. The van der Waals surface area contributed by atoms with Crippen LogP contribution in [0.1, 0.15) is 158 Å². The van der Waals surface area contributed by atoms with E-state index in [2.05, 4.69) is 60.6 Å². The minimum absolute atomic E-state index is 0.0558. The Kier molecular flexibility index (Phi) is 17.0. The molecule has 0 aromatic carbocycles. The number of hydrogen-bond acceptors (Lipinski definition) is 3. The summed E-state index contributed by atoms with van der Waals surface area (Å²) in [6.45, 7) is 16.0. The van der Waals surface area contributed by atoms with Crippen LogP contribution in [0.5, 0.6) is 0 Å². The number of ether oxygens (including phenoxy) is 1. The van der Waals surface area contributed by atoms with Crippen LogP contribution in [0.4, 0.5) is 0 Å². The summed E-state index contributed by atoms with van der Waals surface area (Å²) in [5, 5.41) is 10.4. The first-order valence-electron chi connectivity index (χ1n) is 16.0. The van der Waals surface area contributed by atoms with Crippen LogP contribution >= 0.6 is 0 Å². The number of unbranched alkanes of at least 4 members (excludes halogenated alkanes) is 15. The number of aliphatic hydroxyl groups is 1. The molecule has 0 radical (unpaired) electrons. The largest absolute Gasteiger partial charge is 0.502 e. The minimum Gasteiger partial charge on any atom is -0.502 e. The van der Waals surface area contributed by atoms with Gasteiger partial charge in [0.05, 0.1) is 6.61 Å². The van der Waals surface area contributed by atoms with Gasteiger partial charge < -0.3 is 9.84 Å². The van der Waals surface area contributed by atoms with E-state index in [0.717, 1.165) is 24.8 Å². The molecule has 0 saturated carbocycles. The van der Waals surface area contributed by atoms with Crippen molar-refractivity contribution in [1.29, 1.82) is 0 Å². The van der Waals surface area contributed by atoms with E-state index in [1.807, 2.05) is 0 Å². The lowest BCUT2D eigenvalue weighted by molar-refractivity contribution is -0.142. The van der Waals surface area contributed by atoms with Crippen LogP contribution in [-0.2, 0) is 9.53 Å². The molecule has 1 N–H and O–H groups in total. The van der Waals surface area contributed by atoms with Gasteiger partial charge >= 0.3 is 5.97 Å². The van der Waals surface area contributed by atoms with Crippen LogP contribution in [0.3, 0.4) is 0 Å². The summed E-state index contributed by atoms with van der Waals surface area (Å²) < 4.78 is 5.35. The maximum Gasteiger partial charge on any atom is 0.373 e. The first-order chi connectivity index (χ1) is 17.9. The molecule has 1 unspecified atom stereocenters. The lowest BCUT2D eigenvalue weighted by Gasteiger charge is -2.36. The van der Waals surface area contributed by atoms with Gasteiger partial charge in [0.2, 0.25) is 5.76 Å². The van der Waals surface area contributed by atoms with Crippen LogP contribution in [0.2, 0.25) is 0 Å². The van der Waals surface area contributed by atoms with Crippen molar-refractivity contribution in [2.75, 3.05) is 6.61 Å². The van der Waals surface area contributed by atoms with E-state index in [4.69, 9.17) is 4.74 Å². The summed E-state index contributed by atoms with van der Waals surface area (Å²) in [5.74, 6) is -0.552. The second-order valence-electron chi connectivity index (χ2n) is 13.7. The Morgan fingerprint density at radius 2 is 1.26 bits per heavy atom. The molecule has 0 heterocycles. The quantitative estimate of drug-likeness (QED) is 0.0781. The van der Waals surface area contributed by atoms with Crippen molar-refractivity contribution in [2.45, 2.75) is 158 Å². The molecule has 0 spiro atoms. The van der Waals surface area contributed by atoms with E-state index < -0.39 is 5.97 Å². The Hall–Kier alpha value is -1.51. The SMILES string of the molecule is CCCCCCCCCCCCCCCCCCOC(=O)C(O)=CC1=CC(C(C)(C)C)CC(C(C)(C)C)=C1. The average molecular weight is 531 g/mol. The van der Waals surface area contributed by atoms with Gasteiger partial charge in [0.25, 0.3) is 0 Å². The zero-order chi connectivity index (χ0) is 28.4. The molecule has 0 saturated heterocycles. The molecule has 38 heavy (non-hydrogen) atoms. The maximum absolute atomic E-state index is 12.3. The molecule has 0 aliphatic heterocycles. The summed E-state index contributed by atoms with van der Waals surface area (Å²) in [4.78, 5) is 12.3. The van der Waals surface area contributed by atoms with Crippen LogP contribution in [0, 0.1) is 16.7 Å². The average Bonchev–Trinajstić information content (AvgIpc) is 2.84. The predicted molar refractivity (Wildman–Crippen MR) is 164 cm³/mol. The molecule has 0 aromatic rings. The van der Waals surface area contributed by atoms with E-state index in [1.54, 1.807) is 6.08 Å². The Morgan fingerprint density at radius 3 is 1.68 bits per heavy atom. The van der Waals surface area contributed by atoms with Crippen LogP contribution < -0.4 is 0 Å². The van der Waals surface area contributed by atoms with E-state index in [-0.39, 0.29) is 16.6 Å². The third-order valence-corrected chi connectivity index (χ3v) is 7.99. The fraction of sp³-hybridized carbons (Fsp3) is 0.800. The molecule has 0 bridgehead atoms. The first-order valence-corrected chi connectivity index (χ1v) is 16.0. The van der Waals surface area contributed by atoms with Gasteiger partial charge in [0.15, 0.2) is 0 Å². The van der Waals surface area contributed by atoms with Crippen molar-refractivity contribution in [1.82, 2.24) is 0 Å². The number of allylic oxidation sites excluding steroid dienone is 5. The van der Waals surface area contributed by atoms with E-state index in [1.165, 1.54) is 95.5 Å².